The lowest BCUT2D eigenvalue weighted by molar-refractivity contribution is 0.0521. The lowest BCUT2D eigenvalue weighted by Crippen LogP contribution is -2.44. The van der Waals surface area contributed by atoms with E-state index in [9.17, 15) is 13.9 Å². The van der Waals surface area contributed by atoms with Gasteiger partial charge in [-0.05, 0) is 48.5 Å². The average Bonchev–Trinajstić information content (AvgIpc) is 3.28. The summed E-state index contributed by atoms with van der Waals surface area (Å²) in [5.74, 6) is -1.02. The molecule has 0 amide bonds. The number of aromatic amines is 1. The van der Waals surface area contributed by atoms with E-state index in [1.54, 1.807) is 12.4 Å². The third kappa shape index (κ3) is 5.39. The lowest BCUT2D eigenvalue weighted by Gasteiger charge is -2.36. The second-order valence-corrected chi connectivity index (χ2v) is 8.79. The summed E-state index contributed by atoms with van der Waals surface area (Å²) in [7, 11) is 1.31. The normalized spacial score (nSPS) is 22.3. The third-order valence-electron chi connectivity index (χ3n) is 6.33. The maximum absolute atomic E-state index is 14.2. The SMILES string of the molecule is COc1cc(F)c(C(=N)/C=C\c2cnc(Nc3cnccc3C3CC(C)C(O)C(N)C3)[nH]2)c(F)c1. The first-order valence-electron chi connectivity index (χ1n) is 11.3. The number of hydrogen-bond donors (Lipinski definition) is 5. The molecular formula is C25H28F2N6O2. The van der Waals surface area contributed by atoms with Gasteiger partial charge in [-0.25, -0.2) is 13.8 Å². The molecular weight excluding hydrogens is 454 g/mol. The van der Waals surface area contributed by atoms with Crippen LogP contribution in [0, 0.1) is 23.0 Å². The Morgan fingerprint density at radius 3 is 2.71 bits per heavy atom. The first kappa shape index (κ1) is 24.5. The number of hydrogen-bond acceptors (Lipinski definition) is 7. The van der Waals surface area contributed by atoms with E-state index in [4.69, 9.17) is 15.9 Å². The Hall–Kier alpha value is -3.63. The number of pyridine rings is 1. The van der Waals surface area contributed by atoms with Crippen molar-refractivity contribution < 1.29 is 18.6 Å². The summed E-state index contributed by atoms with van der Waals surface area (Å²) in [6.07, 6.45) is 8.73. The molecule has 0 spiro atoms. The molecule has 1 aromatic carbocycles. The zero-order valence-electron chi connectivity index (χ0n) is 19.4. The molecule has 2 heterocycles. The number of ether oxygens (including phenoxy) is 1. The highest BCUT2D eigenvalue weighted by atomic mass is 19.1. The number of aromatic nitrogens is 3. The monoisotopic (exact) mass is 482 g/mol. The molecule has 4 unspecified atom stereocenters. The van der Waals surface area contributed by atoms with Crippen molar-refractivity contribution in [1.29, 1.82) is 5.41 Å². The summed E-state index contributed by atoms with van der Waals surface area (Å²) >= 11 is 0. The van der Waals surface area contributed by atoms with Gasteiger partial charge in [-0.2, -0.15) is 0 Å². The number of aliphatic hydroxyl groups is 1. The first-order chi connectivity index (χ1) is 16.8. The van der Waals surface area contributed by atoms with E-state index in [1.165, 1.54) is 25.5 Å². The number of nitrogens with two attached hydrogens (primary N) is 1. The molecule has 4 atom stereocenters. The molecule has 0 saturated heterocycles. The van der Waals surface area contributed by atoms with Crippen LogP contribution in [0.3, 0.4) is 0 Å². The topological polar surface area (TPSA) is 133 Å². The number of nitrogens with one attached hydrogen (secondary N) is 3. The Labute approximate surface area is 201 Å². The van der Waals surface area contributed by atoms with E-state index in [-0.39, 0.29) is 29.3 Å². The Bertz CT molecular complexity index is 1210. The number of allylic oxidation sites excluding steroid dienone is 1. The predicted molar refractivity (Wildman–Crippen MR) is 130 cm³/mol. The molecule has 1 aliphatic rings. The largest absolute Gasteiger partial charge is 0.497 e. The Kier molecular flexibility index (Phi) is 7.23. The maximum Gasteiger partial charge on any atom is 0.205 e. The second kappa shape index (κ2) is 10.3. The summed E-state index contributed by atoms with van der Waals surface area (Å²) in [6.45, 7) is 2.00. The van der Waals surface area contributed by atoms with Crippen LogP contribution >= 0.6 is 0 Å². The quantitative estimate of drug-likeness (QED) is 0.322. The molecule has 10 heteroatoms. The molecule has 2 aromatic heterocycles. The van der Waals surface area contributed by atoms with Gasteiger partial charge in [0.15, 0.2) is 0 Å². The minimum atomic E-state index is -0.878. The van der Waals surface area contributed by atoms with E-state index in [0.29, 0.717) is 18.1 Å². The van der Waals surface area contributed by atoms with Crippen LogP contribution in [0.5, 0.6) is 5.75 Å². The molecule has 35 heavy (non-hydrogen) atoms. The van der Waals surface area contributed by atoms with Gasteiger partial charge < -0.3 is 31.3 Å². The van der Waals surface area contributed by atoms with Crippen molar-refractivity contribution in [1.82, 2.24) is 15.0 Å². The van der Waals surface area contributed by atoms with Crippen LogP contribution in [0.25, 0.3) is 6.08 Å². The first-order valence-corrected chi connectivity index (χ1v) is 11.3. The zero-order valence-corrected chi connectivity index (χ0v) is 19.4. The highest BCUT2D eigenvalue weighted by Gasteiger charge is 2.33. The Morgan fingerprint density at radius 1 is 1.29 bits per heavy atom. The van der Waals surface area contributed by atoms with Crippen molar-refractivity contribution in [3.8, 4) is 5.75 Å². The minimum absolute atomic E-state index is 0.0421. The third-order valence-corrected chi connectivity index (χ3v) is 6.33. The second-order valence-electron chi connectivity index (χ2n) is 8.79. The number of halogens is 2. The fourth-order valence-corrected chi connectivity index (χ4v) is 4.49. The highest BCUT2D eigenvalue weighted by Crippen LogP contribution is 2.39. The molecule has 4 rings (SSSR count). The number of rotatable bonds is 7. The number of methoxy groups -OCH3 is 1. The number of benzene rings is 1. The molecule has 1 aliphatic carbocycles. The van der Waals surface area contributed by atoms with E-state index in [1.807, 2.05) is 13.0 Å². The average molecular weight is 483 g/mol. The summed E-state index contributed by atoms with van der Waals surface area (Å²) in [4.78, 5) is 11.6. The van der Waals surface area contributed by atoms with Crippen LogP contribution in [0.1, 0.15) is 42.5 Å². The van der Waals surface area contributed by atoms with Gasteiger partial charge in [0, 0.05) is 24.4 Å². The summed E-state index contributed by atoms with van der Waals surface area (Å²) in [5, 5.41) is 21.5. The van der Waals surface area contributed by atoms with E-state index in [2.05, 4.69) is 20.3 Å². The molecule has 1 saturated carbocycles. The van der Waals surface area contributed by atoms with Gasteiger partial charge in [0.25, 0.3) is 0 Å². The van der Waals surface area contributed by atoms with Crippen molar-refractivity contribution in [2.45, 2.75) is 37.8 Å². The number of H-pyrrole nitrogens is 1. The highest BCUT2D eigenvalue weighted by molar-refractivity contribution is 6.09. The van der Waals surface area contributed by atoms with Crippen molar-refractivity contribution in [2.75, 3.05) is 12.4 Å². The van der Waals surface area contributed by atoms with E-state index in [0.717, 1.165) is 29.8 Å². The van der Waals surface area contributed by atoms with Crippen LogP contribution in [0.2, 0.25) is 0 Å². The zero-order chi connectivity index (χ0) is 25.1. The van der Waals surface area contributed by atoms with Crippen LogP contribution in [-0.4, -0.2) is 45.0 Å². The molecule has 0 radical (unpaired) electrons. The molecule has 8 nitrogen and oxygen atoms in total. The van der Waals surface area contributed by atoms with Gasteiger partial charge in [0.05, 0.1) is 48.3 Å². The van der Waals surface area contributed by atoms with Crippen molar-refractivity contribution in [3.63, 3.8) is 0 Å². The number of anilines is 2. The van der Waals surface area contributed by atoms with Gasteiger partial charge >= 0.3 is 0 Å². The van der Waals surface area contributed by atoms with Crippen molar-refractivity contribution in [3.05, 3.63) is 71.3 Å². The van der Waals surface area contributed by atoms with E-state index < -0.39 is 23.3 Å². The lowest BCUT2D eigenvalue weighted by atomic mass is 9.74. The van der Waals surface area contributed by atoms with Gasteiger partial charge in [0.2, 0.25) is 5.95 Å². The molecule has 184 valence electrons. The Balaban J connectivity index is 1.48. The maximum atomic E-state index is 14.2. The van der Waals surface area contributed by atoms with Gasteiger partial charge in [-0.1, -0.05) is 6.92 Å². The standard InChI is InChI=1S/C25H28F2N6O2/c1-13-7-14(8-21(29)24(13)34)17-5-6-30-12-22(17)33-25-31-11-15(32-25)3-4-20(28)23-18(26)9-16(35-2)10-19(23)27/h3-6,9-14,21,24,28,34H,7-8,29H2,1-2H3,(H2,31,32,33)/b4-3-,28-20?. The smallest absolute Gasteiger partial charge is 0.205 e. The van der Waals surface area contributed by atoms with Gasteiger partial charge in [-0.3, -0.25) is 4.98 Å². The predicted octanol–water partition coefficient (Wildman–Crippen LogP) is 4.12. The van der Waals surface area contributed by atoms with Crippen LogP contribution in [-0.2, 0) is 0 Å². The number of nitrogens with zero attached hydrogens (tertiary/aromatic N) is 2. The molecule has 3 aromatic rings. The molecule has 1 fully saturated rings. The van der Waals surface area contributed by atoms with E-state index >= 15 is 0 Å². The fraction of sp³-hybridized carbons (Fsp3) is 0.320. The summed E-state index contributed by atoms with van der Waals surface area (Å²) < 4.78 is 33.3. The summed E-state index contributed by atoms with van der Waals surface area (Å²) in [6, 6.07) is 3.71. The fourth-order valence-electron chi connectivity index (χ4n) is 4.49. The number of imidazole rings is 1. The molecule has 6 N–H and O–H groups in total. The van der Waals surface area contributed by atoms with Crippen LogP contribution < -0.4 is 15.8 Å². The van der Waals surface area contributed by atoms with Crippen molar-refractivity contribution in [2.24, 2.45) is 11.7 Å². The molecule has 0 bridgehead atoms. The van der Waals surface area contributed by atoms with Crippen LogP contribution in [0.4, 0.5) is 20.4 Å². The summed E-state index contributed by atoms with van der Waals surface area (Å²) in [5.41, 5.74) is 7.73. The number of aliphatic hydroxyl groups excluding tert-OH is 1. The van der Waals surface area contributed by atoms with Crippen molar-refractivity contribution >= 4 is 23.4 Å². The Morgan fingerprint density at radius 2 is 2.03 bits per heavy atom. The van der Waals surface area contributed by atoms with Crippen LogP contribution in [0.15, 0.2) is 42.9 Å². The minimum Gasteiger partial charge on any atom is -0.497 e. The van der Waals surface area contributed by atoms with Gasteiger partial charge in [-0.15, -0.1) is 0 Å². The van der Waals surface area contributed by atoms with Gasteiger partial charge in [0.1, 0.15) is 17.4 Å². The molecule has 0 aliphatic heterocycles.